The normalized spacial score (nSPS) is 20.2. The van der Waals surface area contributed by atoms with Gasteiger partial charge in [0.05, 0.1) is 0 Å². The number of thioether (sulfide) groups is 1. The molecule has 2 atom stereocenters. The van der Waals surface area contributed by atoms with E-state index in [0.29, 0.717) is 29.6 Å². The summed E-state index contributed by atoms with van der Waals surface area (Å²) >= 11 is 1.44. The highest BCUT2D eigenvalue weighted by molar-refractivity contribution is 7.98. The molecule has 1 aliphatic heterocycles. The molecule has 2 aromatic heterocycles. The zero-order valence-electron chi connectivity index (χ0n) is 18.1. The molecule has 3 heterocycles. The summed E-state index contributed by atoms with van der Waals surface area (Å²) in [4.78, 5) is 38.2. The minimum atomic E-state index is -0.537. The summed E-state index contributed by atoms with van der Waals surface area (Å²) in [5.74, 6) is 0. The molecule has 1 aliphatic rings. The summed E-state index contributed by atoms with van der Waals surface area (Å²) in [6, 6.07) is 1.78. The van der Waals surface area contributed by atoms with E-state index in [1.54, 1.807) is 22.7 Å². The number of piperazine rings is 1. The molecule has 1 fully saturated rings. The van der Waals surface area contributed by atoms with Crippen LogP contribution < -0.4 is 10.5 Å². The molecule has 1 saturated heterocycles. The van der Waals surface area contributed by atoms with Gasteiger partial charge in [-0.25, -0.2) is 14.8 Å². The Morgan fingerprint density at radius 2 is 1.86 bits per heavy atom. The zero-order chi connectivity index (χ0) is 21.5. The SMILES string of the molecule is CSc1ncc2cc(N3C(C)CN(C(=O)OC(C)(C)C)CC3C)c(=O)n(C)c2n1. The van der Waals surface area contributed by atoms with E-state index >= 15 is 0 Å². The summed E-state index contributed by atoms with van der Waals surface area (Å²) in [6.45, 7) is 10.6. The highest BCUT2D eigenvalue weighted by atomic mass is 32.2. The van der Waals surface area contributed by atoms with Crippen molar-refractivity contribution in [2.24, 2.45) is 7.05 Å². The average Bonchev–Trinajstić information content (AvgIpc) is 2.63. The summed E-state index contributed by atoms with van der Waals surface area (Å²) < 4.78 is 7.10. The first-order chi connectivity index (χ1) is 13.5. The highest BCUT2D eigenvalue weighted by Crippen LogP contribution is 2.26. The summed E-state index contributed by atoms with van der Waals surface area (Å²) in [6.07, 6.45) is 3.34. The average molecular weight is 420 g/mol. The molecule has 3 rings (SSSR count). The highest BCUT2D eigenvalue weighted by Gasteiger charge is 2.35. The molecule has 29 heavy (non-hydrogen) atoms. The number of aryl methyl sites for hydroxylation is 1. The molecule has 1 amide bonds. The van der Waals surface area contributed by atoms with Crippen molar-refractivity contribution in [2.45, 2.75) is 57.5 Å². The lowest BCUT2D eigenvalue weighted by Crippen LogP contribution is -2.60. The number of carbonyl (C=O) groups is 1. The van der Waals surface area contributed by atoms with Gasteiger partial charge in [0.15, 0.2) is 5.16 Å². The van der Waals surface area contributed by atoms with Gasteiger partial charge >= 0.3 is 6.09 Å². The quantitative estimate of drug-likeness (QED) is 0.547. The topological polar surface area (TPSA) is 80.6 Å². The smallest absolute Gasteiger partial charge is 0.410 e. The molecule has 2 aromatic rings. The summed E-state index contributed by atoms with van der Waals surface area (Å²) in [5, 5.41) is 1.45. The fourth-order valence-corrected chi connectivity index (χ4v) is 4.11. The minimum absolute atomic E-state index is 0.0391. The number of fused-ring (bicyclic) bond motifs is 1. The van der Waals surface area contributed by atoms with Crippen LogP contribution in [0.1, 0.15) is 34.6 Å². The second-order valence-electron chi connectivity index (χ2n) is 8.52. The third-order valence-electron chi connectivity index (χ3n) is 4.94. The Bertz CT molecular complexity index is 972. The van der Waals surface area contributed by atoms with Crippen molar-refractivity contribution < 1.29 is 9.53 Å². The maximum atomic E-state index is 13.1. The van der Waals surface area contributed by atoms with Crippen LogP contribution in [-0.2, 0) is 11.8 Å². The Kier molecular flexibility index (Phi) is 5.80. The second-order valence-corrected chi connectivity index (χ2v) is 9.29. The van der Waals surface area contributed by atoms with Crippen LogP contribution in [0.5, 0.6) is 0 Å². The van der Waals surface area contributed by atoms with Crippen LogP contribution in [0, 0.1) is 0 Å². The van der Waals surface area contributed by atoms with Crippen LogP contribution >= 0.6 is 11.8 Å². The van der Waals surface area contributed by atoms with E-state index in [4.69, 9.17) is 4.74 Å². The van der Waals surface area contributed by atoms with Gasteiger partial charge in [0.1, 0.15) is 16.9 Å². The Morgan fingerprint density at radius 1 is 1.24 bits per heavy atom. The van der Waals surface area contributed by atoms with Gasteiger partial charge < -0.3 is 14.5 Å². The fourth-order valence-electron chi connectivity index (χ4n) is 3.77. The number of anilines is 1. The number of amides is 1. The van der Waals surface area contributed by atoms with Crippen molar-refractivity contribution in [3.63, 3.8) is 0 Å². The molecular formula is C20H29N5O3S. The van der Waals surface area contributed by atoms with Crippen molar-refractivity contribution in [2.75, 3.05) is 24.2 Å². The van der Waals surface area contributed by atoms with Gasteiger partial charge in [-0.2, -0.15) is 0 Å². The van der Waals surface area contributed by atoms with E-state index in [1.807, 2.05) is 46.9 Å². The lowest BCUT2D eigenvalue weighted by atomic mass is 10.1. The largest absolute Gasteiger partial charge is 0.444 e. The molecule has 0 spiro atoms. The van der Waals surface area contributed by atoms with E-state index in [2.05, 4.69) is 14.9 Å². The number of aromatic nitrogens is 3. The molecule has 0 saturated carbocycles. The number of rotatable bonds is 2. The lowest BCUT2D eigenvalue weighted by Gasteiger charge is -2.45. The number of carbonyl (C=O) groups excluding carboxylic acids is 1. The molecule has 0 radical (unpaired) electrons. The molecule has 0 aliphatic carbocycles. The van der Waals surface area contributed by atoms with E-state index in [-0.39, 0.29) is 23.7 Å². The van der Waals surface area contributed by atoms with E-state index in [0.717, 1.165) is 5.39 Å². The summed E-state index contributed by atoms with van der Waals surface area (Å²) in [5.41, 5.74) is 0.577. The van der Waals surface area contributed by atoms with Crippen LogP contribution in [0.25, 0.3) is 11.0 Å². The second kappa shape index (κ2) is 7.85. The maximum absolute atomic E-state index is 13.1. The third-order valence-corrected chi connectivity index (χ3v) is 5.50. The first-order valence-electron chi connectivity index (χ1n) is 9.69. The molecule has 158 valence electrons. The number of hydrogen-bond donors (Lipinski definition) is 0. The van der Waals surface area contributed by atoms with Gasteiger partial charge in [0.2, 0.25) is 0 Å². The van der Waals surface area contributed by atoms with Gasteiger partial charge in [-0.15, -0.1) is 0 Å². The molecule has 0 aromatic carbocycles. The molecule has 0 N–H and O–H groups in total. The maximum Gasteiger partial charge on any atom is 0.410 e. The fraction of sp³-hybridized carbons (Fsp3) is 0.600. The zero-order valence-corrected chi connectivity index (χ0v) is 18.9. The number of ether oxygens (including phenoxy) is 1. The van der Waals surface area contributed by atoms with Gasteiger partial charge in [-0.05, 0) is 46.9 Å². The van der Waals surface area contributed by atoms with Gasteiger partial charge in [0.25, 0.3) is 5.56 Å². The van der Waals surface area contributed by atoms with Crippen LogP contribution in [-0.4, -0.2) is 62.6 Å². The van der Waals surface area contributed by atoms with E-state index < -0.39 is 5.60 Å². The number of pyridine rings is 1. The van der Waals surface area contributed by atoms with Crippen molar-refractivity contribution in [1.29, 1.82) is 0 Å². The van der Waals surface area contributed by atoms with Crippen molar-refractivity contribution >= 4 is 34.6 Å². The predicted molar refractivity (Wildman–Crippen MR) is 116 cm³/mol. The molecule has 8 nitrogen and oxygen atoms in total. The molecular weight excluding hydrogens is 390 g/mol. The third kappa shape index (κ3) is 4.34. The molecule has 0 bridgehead atoms. The number of hydrogen-bond acceptors (Lipinski definition) is 7. The summed E-state index contributed by atoms with van der Waals surface area (Å²) in [7, 11) is 1.73. The first kappa shape index (κ1) is 21.4. The van der Waals surface area contributed by atoms with E-state index in [9.17, 15) is 9.59 Å². The first-order valence-corrected chi connectivity index (χ1v) is 10.9. The monoisotopic (exact) mass is 419 g/mol. The van der Waals surface area contributed by atoms with Crippen LogP contribution in [0.2, 0.25) is 0 Å². The Morgan fingerprint density at radius 3 is 2.41 bits per heavy atom. The lowest BCUT2D eigenvalue weighted by molar-refractivity contribution is 0.0192. The van der Waals surface area contributed by atoms with Crippen LogP contribution in [0.4, 0.5) is 10.5 Å². The predicted octanol–water partition coefficient (Wildman–Crippen LogP) is 2.88. The van der Waals surface area contributed by atoms with Crippen LogP contribution in [0.3, 0.4) is 0 Å². The standard InChI is InChI=1S/C20H29N5O3S/c1-12-10-24(19(27)28-20(3,4)5)11-13(2)25(12)15-8-14-9-21-18(29-7)22-16(14)23(6)17(15)26/h8-9,12-13H,10-11H2,1-7H3. The Labute approximate surface area is 175 Å². The number of nitrogens with zero attached hydrogens (tertiary/aromatic N) is 5. The Balaban J connectivity index is 1.93. The van der Waals surface area contributed by atoms with Gasteiger partial charge in [-0.3, -0.25) is 9.36 Å². The van der Waals surface area contributed by atoms with Crippen molar-refractivity contribution in [3.8, 4) is 0 Å². The van der Waals surface area contributed by atoms with Crippen LogP contribution in [0.15, 0.2) is 22.2 Å². The van der Waals surface area contributed by atoms with Crippen molar-refractivity contribution in [1.82, 2.24) is 19.4 Å². The Hall–Kier alpha value is -2.29. The molecule has 2 unspecified atom stereocenters. The van der Waals surface area contributed by atoms with Gasteiger partial charge in [0, 0.05) is 43.8 Å². The van der Waals surface area contributed by atoms with E-state index in [1.165, 1.54) is 11.8 Å². The van der Waals surface area contributed by atoms with Gasteiger partial charge in [-0.1, -0.05) is 11.8 Å². The molecule has 9 heteroatoms. The van der Waals surface area contributed by atoms with Crippen molar-refractivity contribution in [3.05, 3.63) is 22.6 Å². The minimum Gasteiger partial charge on any atom is -0.444 e.